The first-order valence-corrected chi connectivity index (χ1v) is 6.93. The van der Waals surface area contributed by atoms with Gasteiger partial charge in [-0.3, -0.25) is 15.4 Å². The van der Waals surface area contributed by atoms with Crippen LogP contribution in [0.4, 0.5) is 5.69 Å². The van der Waals surface area contributed by atoms with Crippen LogP contribution in [0.15, 0.2) is 53.9 Å². The van der Waals surface area contributed by atoms with Crippen LogP contribution in [0.5, 0.6) is 0 Å². The Labute approximate surface area is 131 Å². The summed E-state index contributed by atoms with van der Waals surface area (Å²) in [6.07, 6.45) is 5.01. The van der Waals surface area contributed by atoms with Gasteiger partial charge in [0, 0.05) is 17.4 Å². The fourth-order valence-corrected chi connectivity index (χ4v) is 2.15. The van der Waals surface area contributed by atoms with Crippen molar-refractivity contribution in [3.8, 4) is 0 Å². The molecule has 0 fully saturated rings. The number of aromatic nitrogens is 2. The Morgan fingerprint density at radius 2 is 1.76 bits per heavy atom. The Morgan fingerprint density at radius 1 is 0.952 bits per heavy atom. The van der Waals surface area contributed by atoms with E-state index < -0.39 is 0 Å². The lowest BCUT2D eigenvalue weighted by atomic mass is 10.2. The molecule has 104 valence electrons. The molecule has 0 aliphatic rings. The normalized spacial score (nSPS) is 11.1. The lowest BCUT2D eigenvalue weighted by Crippen LogP contribution is -1.92. The molecule has 0 atom stereocenters. The van der Waals surface area contributed by atoms with Crippen LogP contribution in [0.3, 0.4) is 0 Å². The first kappa shape index (κ1) is 13.8. The summed E-state index contributed by atoms with van der Waals surface area (Å²) in [6.45, 7) is 0. The topological polar surface area (TPSA) is 50.2 Å². The minimum atomic E-state index is 0.556. The summed E-state index contributed by atoms with van der Waals surface area (Å²) in [4.78, 5) is 8.47. The average Bonchev–Trinajstić information content (AvgIpc) is 2.50. The highest BCUT2D eigenvalue weighted by Gasteiger charge is 1.99. The van der Waals surface area contributed by atoms with E-state index in [1.165, 1.54) is 0 Å². The van der Waals surface area contributed by atoms with E-state index in [1.807, 2.05) is 18.2 Å². The minimum Gasteiger partial charge on any atom is -0.277 e. The molecule has 21 heavy (non-hydrogen) atoms. The molecule has 0 spiro atoms. The quantitative estimate of drug-likeness (QED) is 0.576. The van der Waals surface area contributed by atoms with Crippen molar-refractivity contribution in [2.24, 2.45) is 5.10 Å². The number of fused-ring (bicyclic) bond motifs is 1. The van der Waals surface area contributed by atoms with Crippen LogP contribution in [0.25, 0.3) is 11.0 Å². The summed E-state index contributed by atoms with van der Waals surface area (Å²) in [5, 5.41) is 5.31. The van der Waals surface area contributed by atoms with Gasteiger partial charge in [-0.15, -0.1) is 0 Å². The number of rotatable bonds is 3. The molecule has 0 aliphatic heterocycles. The third-order valence-corrected chi connectivity index (χ3v) is 3.39. The van der Waals surface area contributed by atoms with E-state index >= 15 is 0 Å². The molecule has 2 aromatic carbocycles. The predicted octanol–water partition coefficient (Wildman–Crippen LogP) is 4.38. The number of hydrazone groups is 1. The molecule has 0 radical (unpaired) electrons. The predicted molar refractivity (Wildman–Crippen MR) is 87.2 cm³/mol. The number of halogens is 2. The molecule has 0 unspecified atom stereocenters. The number of nitrogens with zero attached hydrogens (tertiary/aromatic N) is 3. The van der Waals surface area contributed by atoms with Gasteiger partial charge in [0.25, 0.3) is 0 Å². The number of hydrogen-bond donors (Lipinski definition) is 1. The largest absolute Gasteiger partial charge is 0.277 e. The molecule has 1 heterocycles. The Kier molecular flexibility index (Phi) is 3.99. The van der Waals surface area contributed by atoms with Crippen molar-refractivity contribution >= 4 is 46.1 Å². The third-order valence-electron chi connectivity index (χ3n) is 2.82. The fourth-order valence-electron chi connectivity index (χ4n) is 1.82. The Bertz CT molecular complexity index is 818. The average molecular weight is 317 g/mol. The SMILES string of the molecule is Clc1ccc(Cl)c(N/N=C/c2ccc3nccnc3c2)c1. The van der Waals surface area contributed by atoms with Crippen molar-refractivity contribution < 1.29 is 0 Å². The molecule has 0 aliphatic carbocycles. The maximum Gasteiger partial charge on any atom is 0.0893 e. The minimum absolute atomic E-state index is 0.556. The molecule has 0 saturated carbocycles. The van der Waals surface area contributed by atoms with E-state index in [1.54, 1.807) is 36.8 Å². The van der Waals surface area contributed by atoms with Crippen molar-refractivity contribution in [3.05, 3.63) is 64.4 Å². The van der Waals surface area contributed by atoms with E-state index in [4.69, 9.17) is 23.2 Å². The van der Waals surface area contributed by atoms with Crippen LogP contribution >= 0.6 is 23.2 Å². The monoisotopic (exact) mass is 316 g/mol. The first-order valence-electron chi connectivity index (χ1n) is 6.17. The second-order valence-electron chi connectivity index (χ2n) is 4.30. The van der Waals surface area contributed by atoms with Gasteiger partial charge in [-0.1, -0.05) is 29.3 Å². The molecule has 4 nitrogen and oxygen atoms in total. The van der Waals surface area contributed by atoms with E-state index in [2.05, 4.69) is 20.5 Å². The van der Waals surface area contributed by atoms with E-state index in [-0.39, 0.29) is 0 Å². The summed E-state index contributed by atoms with van der Waals surface area (Å²) in [6, 6.07) is 10.9. The molecule has 0 bridgehead atoms. The highest BCUT2D eigenvalue weighted by molar-refractivity contribution is 6.35. The summed E-state index contributed by atoms with van der Waals surface area (Å²) in [7, 11) is 0. The lowest BCUT2D eigenvalue weighted by molar-refractivity contribution is 1.29. The molecular weight excluding hydrogens is 307 g/mol. The standard InChI is InChI=1S/C15H10Cl2N4/c16-11-2-3-12(17)14(8-11)21-20-9-10-1-4-13-15(7-10)19-6-5-18-13/h1-9,21H/b20-9+. The highest BCUT2D eigenvalue weighted by Crippen LogP contribution is 2.25. The van der Waals surface area contributed by atoms with Crippen molar-refractivity contribution in [1.82, 2.24) is 9.97 Å². The number of hydrogen-bond acceptors (Lipinski definition) is 4. The van der Waals surface area contributed by atoms with Crippen molar-refractivity contribution in [1.29, 1.82) is 0 Å². The maximum absolute atomic E-state index is 6.04. The molecule has 1 aromatic heterocycles. The first-order chi connectivity index (χ1) is 10.2. The van der Waals surface area contributed by atoms with Crippen LogP contribution in [0, 0.1) is 0 Å². The second kappa shape index (κ2) is 6.08. The Hall–Kier alpha value is -2.17. The van der Waals surface area contributed by atoms with E-state index in [9.17, 15) is 0 Å². The maximum atomic E-state index is 6.04. The van der Waals surface area contributed by atoms with Crippen LogP contribution < -0.4 is 5.43 Å². The van der Waals surface area contributed by atoms with E-state index in [0.717, 1.165) is 16.6 Å². The zero-order valence-electron chi connectivity index (χ0n) is 10.8. The van der Waals surface area contributed by atoms with Crippen molar-refractivity contribution in [3.63, 3.8) is 0 Å². The fraction of sp³-hybridized carbons (Fsp3) is 0. The van der Waals surface area contributed by atoms with Gasteiger partial charge in [-0.25, -0.2) is 0 Å². The van der Waals surface area contributed by atoms with Crippen LogP contribution in [0.1, 0.15) is 5.56 Å². The van der Waals surface area contributed by atoms with Crippen LogP contribution in [-0.2, 0) is 0 Å². The summed E-state index contributed by atoms with van der Waals surface area (Å²) in [5.74, 6) is 0. The van der Waals surface area contributed by atoms with Crippen molar-refractivity contribution in [2.75, 3.05) is 5.43 Å². The van der Waals surface area contributed by atoms with Gasteiger partial charge in [0.2, 0.25) is 0 Å². The molecule has 1 N–H and O–H groups in total. The Morgan fingerprint density at radius 3 is 2.62 bits per heavy atom. The van der Waals surface area contributed by atoms with Gasteiger partial charge >= 0.3 is 0 Å². The highest BCUT2D eigenvalue weighted by atomic mass is 35.5. The van der Waals surface area contributed by atoms with Gasteiger partial charge < -0.3 is 0 Å². The van der Waals surface area contributed by atoms with Crippen LogP contribution in [-0.4, -0.2) is 16.2 Å². The third kappa shape index (κ3) is 3.29. The Balaban J connectivity index is 1.79. The summed E-state index contributed by atoms with van der Waals surface area (Å²) >= 11 is 12.0. The molecule has 3 rings (SSSR count). The molecule has 6 heteroatoms. The van der Waals surface area contributed by atoms with Crippen molar-refractivity contribution in [2.45, 2.75) is 0 Å². The van der Waals surface area contributed by atoms with E-state index in [0.29, 0.717) is 15.7 Å². The zero-order valence-corrected chi connectivity index (χ0v) is 12.3. The lowest BCUT2D eigenvalue weighted by Gasteiger charge is -2.03. The smallest absolute Gasteiger partial charge is 0.0893 e. The molecule has 3 aromatic rings. The second-order valence-corrected chi connectivity index (χ2v) is 5.14. The summed E-state index contributed by atoms with van der Waals surface area (Å²) < 4.78 is 0. The van der Waals surface area contributed by atoms with Gasteiger partial charge in [0.15, 0.2) is 0 Å². The summed E-state index contributed by atoms with van der Waals surface area (Å²) in [5.41, 5.74) is 6.10. The number of benzene rings is 2. The van der Waals surface area contributed by atoms with Gasteiger partial charge in [0.1, 0.15) is 0 Å². The molecular formula is C15H10Cl2N4. The van der Waals surface area contributed by atoms with Gasteiger partial charge in [-0.2, -0.15) is 5.10 Å². The zero-order chi connectivity index (χ0) is 14.7. The van der Waals surface area contributed by atoms with Gasteiger partial charge in [0.05, 0.1) is 28.0 Å². The van der Waals surface area contributed by atoms with Crippen LogP contribution in [0.2, 0.25) is 10.0 Å². The number of anilines is 1. The van der Waals surface area contributed by atoms with Gasteiger partial charge in [-0.05, 0) is 35.9 Å². The number of nitrogens with one attached hydrogen (secondary N) is 1. The molecule has 0 saturated heterocycles. The molecule has 0 amide bonds.